The lowest BCUT2D eigenvalue weighted by Gasteiger charge is -2.15. The Kier molecular flexibility index (Phi) is 3.62. The molecule has 2 aromatic carbocycles. The maximum atomic E-state index is 9.54. The Labute approximate surface area is 136 Å². The van der Waals surface area contributed by atoms with Gasteiger partial charge < -0.3 is 10.5 Å². The number of nitrogen functional groups attached to an aromatic ring is 1. The van der Waals surface area contributed by atoms with E-state index in [1.807, 2.05) is 31.2 Å². The average molecular weight is 354 g/mol. The van der Waals surface area contributed by atoms with Crippen LogP contribution in [0.2, 0.25) is 0 Å². The highest BCUT2D eigenvalue weighted by Crippen LogP contribution is 2.44. The van der Waals surface area contributed by atoms with Gasteiger partial charge in [0.15, 0.2) is 0 Å². The van der Waals surface area contributed by atoms with Gasteiger partial charge in [-0.15, -0.1) is 0 Å². The maximum absolute atomic E-state index is 9.54. The Hall–Kier alpha value is -2.34. The van der Waals surface area contributed by atoms with Crippen LogP contribution in [0.15, 0.2) is 28.7 Å². The number of nitrogens with zero attached hydrogens (tertiary/aromatic N) is 2. The van der Waals surface area contributed by atoms with Gasteiger partial charge in [0.2, 0.25) is 0 Å². The Balaban J connectivity index is 2.41. The zero-order valence-electron chi connectivity index (χ0n) is 11.9. The number of fused-ring (bicyclic) bond motifs is 1. The molecule has 1 heterocycles. The predicted molar refractivity (Wildman–Crippen MR) is 86.6 cm³/mol. The molecule has 0 amide bonds. The minimum Gasteiger partial charge on any atom is -0.397 e. The van der Waals surface area contributed by atoms with Crippen molar-refractivity contribution in [3.8, 4) is 23.3 Å². The molecule has 108 valence electrons. The Morgan fingerprint density at radius 2 is 1.82 bits per heavy atom. The Morgan fingerprint density at radius 1 is 1.18 bits per heavy atom. The minimum absolute atomic E-state index is 0.200. The van der Waals surface area contributed by atoms with E-state index < -0.39 is 0 Å². The van der Waals surface area contributed by atoms with E-state index in [1.165, 1.54) is 0 Å². The first-order chi connectivity index (χ1) is 10.6. The number of hydrogen-bond donors (Lipinski definition) is 1. The lowest BCUT2D eigenvalue weighted by atomic mass is 9.86. The summed E-state index contributed by atoms with van der Waals surface area (Å²) in [7, 11) is 0. The Morgan fingerprint density at radius 3 is 2.41 bits per heavy atom. The molecule has 1 unspecified atom stereocenters. The number of hydrogen-bond acceptors (Lipinski definition) is 4. The average Bonchev–Trinajstić information content (AvgIpc) is 2.89. The molecule has 0 fully saturated rings. The van der Waals surface area contributed by atoms with Crippen molar-refractivity contribution in [1.82, 2.24) is 0 Å². The van der Waals surface area contributed by atoms with Crippen LogP contribution < -0.4 is 5.73 Å². The van der Waals surface area contributed by atoms with Crippen LogP contribution in [-0.4, -0.2) is 0 Å². The summed E-state index contributed by atoms with van der Waals surface area (Å²) in [5, 5.41) is 19.0. The molecule has 0 aliphatic carbocycles. The molecule has 4 nitrogen and oxygen atoms in total. The fourth-order valence-corrected chi connectivity index (χ4v) is 3.17. The van der Waals surface area contributed by atoms with Gasteiger partial charge >= 0.3 is 0 Å². The highest BCUT2D eigenvalue weighted by atomic mass is 79.9. The molecule has 0 aromatic heterocycles. The molecule has 1 atom stereocenters. The molecular weight excluding hydrogens is 342 g/mol. The van der Waals surface area contributed by atoms with Crippen molar-refractivity contribution in [2.45, 2.75) is 19.6 Å². The SMILES string of the molecule is CC1OCc2c(-c3ccc(Br)cc3)c(C#N)c(N)c(C#N)c21. The van der Waals surface area contributed by atoms with E-state index in [0.29, 0.717) is 17.7 Å². The molecule has 1 aliphatic heterocycles. The van der Waals surface area contributed by atoms with E-state index in [0.717, 1.165) is 26.7 Å². The first-order valence-corrected chi connectivity index (χ1v) is 7.53. The molecule has 0 radical (unpaired) electrons. The number of nitrogens with two attached hydrogens (primary N) is 1. The second-order valence-electron chi connectivity index (χ2n) is 5.11. The molecule has 0 spiro atoms. The lowest BCUT2D eigenvalue weighted by Crippen LogP contribution is -2.05. The van der Waals surface area contributed by atoms with Crippen molar-refractivity contribution in [1.29, 1.82) is 10.5 Å². The van der Waals surface area contributed by atoms with Crippen molar-refractivity contribution in [3.63, 3.8) is 0 Å². The second kappa shape index (κ2) is 5.46. The molecule has 0 bridgehead atoms. The van der Waals surface area contributed by atoms with Crippen molar-refractivity contribution >= 4 is 21.6 Å². The molecule has 22 heavy (non-hydrogen) atoms. The molecule has 3 rings (SSSR count). The summed E-state index contributed by atoms with van der Waals surface area (Å²) in [6.45, 7) is 2.27. The summed E-state index contributed by atoms with van der Waals surface area (Å²) in [6, 6.07) is 12.0. The van der Waals surface area contributed by atoms with Gasteiger partial charge in [-0.05, 0) is 30.2 Å². The molecule has 1 aliphatic rings. The molecule has 2 N–H and O–H groups in total. The van der Waals surface area contributed by atoms with Gasteiger partial charge in [-0.25, -0.2) is 0 Å². The van der Waals surface area contributed by atoms with Crippen LogP contribution in [0.25, 0.3) is 11.1 Å². The third-order valence-electron chi connectivity index (χ3n) is 3.93. The highest BCUT2D eigenvalue weighted by molar-refractivity contribution is 9.10. The third kappa shape index (κ3) is 2.07. The van der Waals surface area contributed by atoms with Gasteiger partial charge in [-0.3, -0.25) is 0 Å². The Bertz CT molecular complexity index is 844. The van der Waals surface area contributed by atoms with Crippen LogP contribution in [0.3, 0.4) is 0 Å². The summed E-state index contributed by atoms with van der Waals surface area (Å²) in [6.07, 6.45) is -0.200. The highest BCUT2D eigenvalue weighted by Gasteiger charge is 2.31. The largest absolute Gasteiger partial charge is 0.397 e. The number of rotatable bonds is 1. The zero-order chi connectivity index (χ0) is 15.9. The summed E-state index contributed by atoms with van der Waals surface area (Å²) in [5.74, 6) is 0. The normalized spacial score (nSPS) is 15.9. The van der Waals surface area contributed by atoms with E-state index in [1.54, 1.807) is 0 Å². The smallest absolute Gasteiger partial charge is 0.102 e. The summed E-state index contributed by atoms with van der Waals surface area (Å²) in [4.78, 5) is 0. The molecule has 2 aromatic rings. The first-order valence-electron chi connectivity index (χ1n) is 6.74. The summed E-state index contributed by atoms with van der Waals surface area (Å²) < 4.78 is 6.64. The second-order valence-corrected chi connectivity index (χ2v) is 6.03. The van der Waals surface area contributed by atoms with E-state index in [-0.39, 0.29) is 11.8 Å². The van der Waals surface area contributed by atoms with E-state index in [4.69, 9.17) is 10.5 Å². The van der Waals surface area contributed by atoms with Crippen molar-refractivity contribution in [3.05, 3.63) is 51.0 Å². The first kappa shape index (κ1) is 14.6. The topological polar surface area (TPSA) is 82.8 Å². The monoisotopic (exact) mass is 353 g/mol. The molecular formula is C17H12BrN3O. The maximum Gasteiger partial charge on any atom is 0.102 e. The van der Waals surface area contributed by atoms with Crippen molar-refractivity contribution < 1.29 is 4.74 Å². The van der Waals surface area contributed by atoms with E-state index in [9.17, 15) is 10.5 Å². The van der Waals surface area contributed by atoms with Crippen LogP contribution in [-0.2, 0) is 11.3 Å². The van der Waals surface area contributed by atoms with E-state index >= 15 is 0 Å². The quantitative estimate of drug-likeness (QED) is 0.784. The van der Waals surface area contributed by atoms with Crippen LogP contribution in [0, 0.1) is 22.7 Å². The number of benzene rings is 2. The fraction of sp³-hybridized carbons (Fsp3) is 0.176. The summed E-state index contributed by atoms with van der Waals surface area (Å²) in [5.41, 5.74) is 10.4. The van der Waals surface area contributed by atoms with Crippen molar-refractivity contribution in [2.75, 3.05) is 5.73 Å². The molecule has 0 saturated carbocycles. The van der Waals surface area contributed by atoms with Gasteiger partial charge in [0.05, 0.1) is 29.5 Å². The van der Waals surface area contributed by atoms with Gasteiger partial charge in [0.1, 0.15) is 12.1 Å². The van der Waals surface area contributed by atoms with Crippen LogP contribution in [0.1, 0.15) is 35.3 Å². The van der Waals surface area contributed by atoms with Crippen molar-refractivity contribution in [2.24, 2.45) is 0 Å². The molecule has 5 heteroatoms. The number of halogens is 1. The minimum atomic E-state index is -0.200. The van der Waals surface area contributed by atoms with Gasteiger partial charge in [0, 0.05) is 15.6 Å². The van der Waals surface area contributed by atoms with Crippen LogP contribution in [0.4, 0.5) is 5.69 Å². The van der Waals surface area contributed by atoms with Gasteiger partial charge in [-0.2, -0.15) is 10.5 Å². The van der Waals surface area contributed by atoms with Crippen LogP contribution >= 0.6 is 15.9 Å². The number of anilines is 1. The van der Waals surface area contributed by atoms with E-state index in [2.05, 4.69) is 28.1 Å². The van der Waals surface area contributed by atoms with Crippen LogP contribution in [0.5, 0.6) is 0 Å². The third-order valence-corrected chi connectivity index (χ3v) is 4.45. The molecule has 0 saturated heterocycles. The zero-order valence-corrected chi connectivity index (χ0v) is 13.4. The number of nitriles is 2. The fourth-order valence-electron chi connectivity index (χ4n) is 2.90. The predicted octanol–water partition coefficient (Wildman–Crippen LogP) is 4.03. The number of ether oxygens (including phenoxy) is 1. The van der Waals surface area contributed by atoms with Gasteiger partial charge in [0.25, 0.3) is 0 Å². The lowest BCUT2D eigenvalue weighted by molar-refractivity contribution is 0.0796. The standard InChI is InChI=1S/C17H12BrN3O/c1-9-15-12(6-19)17(21)13(7-20)16(14(15)8-22-9)10-2-4-11(18)5-3-10/h2-5,9H,8,21H2,1H3. The van der Waals surface area contributed by atoms with Gasteiger partial charge in [-0.1, -0.05) is 28.1 Å². The summed E-state index contributed by atoms with van der Waals surface area (Å²) >= 11 is 3.41.